The van der Waals surface area contributed by atoms with Gasteiger partial charge in [0.15, 0.2) is 0 Å². The third kappa shape index (κ3) is 2.77. The summed E-state index contributed by atoms with van der Waals surface area (Å²) in [5, 5.41) is 0. The van der Waals surface area contributed by atoms with Gasteiger partial charge in [0.05, 0.1) is 11.7 Å². The molecule has 1 heterocycles. The van der Waals surface area contributed by atoms with E-state index in [0.29, 0.717) is 5.92 Å². The summed E-state index contributed by atoms with van der Waals surface area (Å²) in [7, 11) is 0. The predicted octanol–water partition coefficient (Wildman–Crippen LogP) is 2.39. The summed E-state index contributed by atoms with van der Waals surface area (Å²) < 4.78 is 0.987. The summed E-state index contributed by atoms with van der Waals surface area (Å²) in [6.45, 7) is 4.31. The summed E-state index contributed by atoms with van der Waals surface area (Å²) in [5.74, 6) is 6.00. The Bertz CT molecular complexity index is 273. The standard InChI is InChI=1S/C10H16BrN3/c1-3-7(2)10(14-12)9-5-4-8(11)6-13-9/h4-7,10,14H,3,12H2,1-2H3. The third-order valence-electron chi connectivity index (χ3n) is 2.46. The van der Waals surface area contributed by atoms with Gasteiger partial charge >= 0.3 is 0 Å². The topological polar surface area (TPSA) is 50.9 Å². The van der Waals surface area contributed by atoms with Gasteiger partial charge in [0.1, 0.15) is 0 Å². The highest BCUT2D eigenvalue weighted by atomic mass is 79.9. The maximum atomic E-state index is 5.52. The molecular weight excluding hydrogens is 242 g/mol. The highest BCUT2D eigenvalue weighted by molar-refractivity contribution is 9.10. The Balaban J connectivity index is 2.84. The molecule has 0 amide bonds. The van der Waals surface area contributed by atoms with Crippen LogP contribution in [0.3, 0.4) is 0 Å². The molecule has 0 aliphatic carbocycles. The zero-order valence-electron chi connectivity index (χ0n) is 8.50. The molecule has 1 aromatic heterocycles. The average molecular weight is 258 g/mol. The van der Waals surface area contributed by atoms with E-state index in [-0.39, 0.29) is 6.04 Å². The van der Waals surface area contributed by atoms with E-state index in [1.807, 2.05) is 12.1 Å². The number of hydrazine groups is 1. The largest absolute Gasteiger partial charge is 0.271 e. The minimum Gasteiger partial charge on any atom is -0.271 e. The lowest BCUT2D eigenvalue weighted by molar-refractivity contribution is 0.375. The quantitative estimate of drug-likeness (QED) is 0.644. The molecule has 0 bridgehead atoms. The average Bonchev–Trinajstić information content (AvgIpc) is 2.21. The second-order valence-electron chi connectivity index (χ2n) is 3.43. The molecule has 3 N–H and O–H groups in total. The van der Waals surface area contributed by atoms with E-state index in [1.165, 1.54) is 0 Å². The number of nitrogens with zero attached hydrogens (tertiary/aromatic N) is 1. The van der Waals surface area contributed by atoms with E-state index in [1.54, 1.807) is 6.20 Å². The van der Waals surface area contributed by atoms with E-state index in [0.717, 1.165) is 16.6 Å². The molecule has 0 fully saturated rings. The first kappa shape index (κ1) is 11.6. The Labute approximate surface area is 93.2 Å². The number of nitrogens with two attached hydrogens (primary N) is 1. The van der Waals surface area contributed by atoms with Crippen LogP contribution in [0.25, 0.3) is 0 Å². The fourth-order valence-corrected chi connectivity index (χ4v) is 1.58. The van der Waals surface area contributed by atoms with E-state index in [2.05, 4.69) is 40.2 Å². The molecule has 2 unspecified atom stereocenters. The fraction of sp³-hybridized carbons (Fsp3) is 0.500. The van der Waals surface area contributed by atoms with Crippen molar-refractivity contribution in [3.63, 3.8) is 0 Å². The lowest BCUT2D eigenvalue weighted by Gasteiger charge is -2.21. The lowest BCUT2D eigenvalue weighted by atomic mass is 9.96. The molecule has 0 aliphatic heterocycles. The summed E-state index contributed by atoms with van der Waals surface area (Å²) >= 11 is 3.36. The van der Waals surface area contributed by atoms with Gasteiger partial charge < -0.3 is 0 Å². The third-order valence-corrected chi connectivity index (χ3v) is 2.93. The van der Waals surface area contributed by atoms with Crippen molar-refractivity contribution in [2.75, 3.05) is 0 Å². The van der Waals surface area contributed by atoms with Crippen LogP contribution in [0, 0.1) is 5.92 Å². The first-order valence-electron chi connectivity index (χ1n) is 4.76. The number of hydrogen-bond donors (Lipinski definition) is 2. The zero-order chi connectivity index (χ0) is 10.6. The van der Waals surface area contributed by atoms with Gasteiger partial charge in [-0.15, -0.1) is 0 Å². The predicted molar refractivity (Wildman–Crippen MR) is 61.5 cm³/mol. The van der Waals surface area contributed by atoms with Crippen molar-refractivity contribution in [1.82, 2.24) is 10.4 Å². The van der Waals surface area contributed by atoms with Crippen molar-refractivity contribution in [1.29, 1.82) is 0 Å². The Hall–Kier alpha value is -0.450. The van der Waals surface area contributed by atoms with Crippen LogP contribution in [0.4, 0.5) is 0 Å². The van der Waals surface area contributed by atoms with E-state index < -0.39 is 0 Å². The molecule has 0 spiro atoms. The second-order valence-corrected chi connectivity index (χ2v) is 4.35. The SMILES string of the molecule is CCC(C)C(NN)c1ccc(Br)cn1. The molecule has 14 heavy (non-hydrogen) atoms. The number of aromatic nitrogens is 1. The molecule has 0 saturated heterocycles. The normalized spacial score (nSPS) is 15.1. The minimum absolute atomic E-state index is 0.132. The van der Waals surface area contributed by atoms with Gasteiger partial charge in [0.25, 0.3) is 0 Å². The summed E-state index contributed by atoms with van der Waals surface area (Å²) in [4.78, 5) is 4.33. The molecule has 0 aromatic carbocycles. The van der Waals surface area contributed by atoms with Crippen molar-refractivity contribution < 1.29 is 0 Å². The van der Waals surface area contributed by atoms with Crippen molar-refractivity contribution in [3.05, 3.63) is 28.5 Å². The van der Waals surface area contributed by atoms with E-state index >= 15 is 0 Å². The first-order chi connectivity index (χ1) is 6.69. The number of nitrogens with one attached hydrogen (secondary N) is 1. The highest BCUT2D eigenvalue weighted by Gasteiger charge is 2.17. The van der Waals surface area contributed by atoms with Crippen molar-refractivity contribution >= 4 is 15.9 Å². The Kier molecular flexibility index (Phi) is 4.51. The molecule has 0 aliphatic rings. The van der Waals surface area contributed by atoms with Gasteiger partial charge in [-0.1, -0.05) is 20.3 Å². The molecule has 2 atom stereocenters. The van der Waals surface area contributed by atoms with Crippen LogP contribution < -0.4 is 11.3 Å². The van der Waals surface area contributed by atoms with Gasteiger partial charge in [-0.2, -0.15) is 0 Å². The lowest BCUT2D eigenvalue weighted by Crippen LogP contribution is -2.32. The second kappa shape index (κ2) is 5.44. The highest BCUT2D eigenvalue weighted by Crippen LogP contribution is 2.22. The molecule has 4 heteroatoms. The Morgan fingerprint density at radius 3 is 2.71 bits per heavy atom. The minimum atomic E-state index is 0.132. The molecule has 1 aromatic rings. The summed E-state index contributed by atoms with van der Waals surface area (Å²) in [5.41, 5.74) is 3.80. The molecule has 78 valence electrons. The van der Waals surface area contributed by atoms with Crippen LogP contribution in [0.2, 0.25) is 0 Å². The van der Waals surface area contributed by atoms with Crippen LogP contribution >= 0.6 is 15.9 Å². The van der Waals surface area contributed by atoms with Crippen molar-refractivity contribution in [3.8, 4) is 0 Å². The smallest absolute Gasteiger partial charge is 0.0657 e. The molecular formula is C10H16BrN3. The number of halogens is 1. The van der Waals surface area contributed by atoms with Crippen molar-refractivity contribution in [2.24, 2.45) is 11.8 Å². The Morgan fingerprint density at radius 2 is 2.29 bits per heavy atom. The van der Waals surface area contributed by atoms with E-state index in [4.69, 9.17) is 5.84 Å². The van der Waals surface area contributed by atoms with Crippen LogP contribution in [-0.2, 0) is 0 Å². The maximum absolute atomic E-state index is 5.52. The van der Waals surface area contributed by atoms with Gasteiger partial charge in [-0.3, -0.25) is 16.3 Å². The molecule has 3 nitrogen and oxygen atoms in total. The van der Waals surface area contributed by atoms with Crippen LogP contribution in [0.1, 0.15) is 32.0 Å². The number of pyridine rings is 1. The van der Waals surface area contributed by atoms with Gasteiger partial charge in [-0.25, -0.2) is 0 Å². The van der Waals surface area contributed by atoms with Gasteiger partial charge in [-0.05, 0) is 34.0 Å². The number of rotatable bonds is 4. The first-order valence-corrected chi connectivity index (χ1v) is 5.56. The summed E-state index contributed by atoms with van der Waals surface area (Å²) in [6, 6.07) is 4.10. The Morgan fingerprint density at radius 1 is 1.57 bits per heavy atom. The maximum Gasteiger partial charge on any atom is 0.0657 e. The van der Waals surface area contributed by atoms with E-state index in [9.17, 15) is 0 Å². The van der Waals surface area contributed by atoms with Crippen LogP contribution in [0.5, 0.6) is 0 Å². The monoisotopic (exact) mass is 257 g/mol. The zero-order valence-corrected chi connectivity index (χ0v) is 10.1. The molecule has 0 saturated carbocycles. The van der Waals surface area contributed by atoms with Gasteiger partial charge in [0, 0.05) is 10.7 Å². The fourth-order valence-electron chi connectivity index (χ4n) is 1.35. The molecule has 0 radical (unpaired) electrons. The van der Waals surface area contributed by atoms with Crippen LogP contribution in [0.15, 0.2) is 22.8 Å². The molecule has 1 rings (SSSR count). The number of hydrogen-bond acceptors (Lipinski definition) is 3. The van der Waals surface area contributed by atoms with Gasteiger partial charge in [0.2, 0.25) is 0 Å². The van der Waals surface area contributed by atoms with Crippen molar-refractivity contribution in [2.45, 2.75) is 26.3 Å². The van der Waals surface area contributed by atoms with Crippen LogP contribution in [-0.4, -0.2) is 4.98 Å². The summed E-state index contributed by atoms with van der Waals surface area (Å²) in [6.07, 6.45) is 2.87.